The van der Waals surface area contributed by atoms with Crippen molar-refractivity contribution in [3.05, 3.63) is 30.5 Å². The molecule has 2 unspecified atom stereocenters. The van der Waals surface area contributed by atoms with Crippen molar-refractivity contribution < 1.29 is 4.74 Å². The maximum atomic E-state index is 5.77. The van der Waals surface area contributed by atoms with E-state index >= 15 is 0 Å². The van der Waals surface area contributed by atoms with Gasteiger partial charge >= 0.3 is 0 Å². The zero-order valence-electron chi connectivity index (χ0n) is 12.3. The number of benzene rings is 1. The van der Waals surface area contributed by atoms with E-state index in [-0.39, 0.29) is 5.41 Å². The van der Waals surface area contributed by atoms with E-state index in [1.54, 1.807) is 6.20 Å². The highest BCUT2D eigenvalue weighted by Gasteiger charge is 2.49. The lowest BCUT2D eigenvalue weighted by Gasteiger charge is -2.51. The summed E-state index contributed by atoms with van der Waals surface area (Å²) in [6, 6.07) is 8.57. The van der Waals surface area contributed by atoms with Crippen LogP contribution in [0.2, 0.25) is 0 Å². The summed E-state index contributed by atoms with van der Waals surface area (Å²) in [4.78, 5) is 0. The minimum Gasteiger partial charge on any atom is -0.378 e. The number of hydrogen-bond acceptors (Lipinski definition) is 4. The summed E-state index contributed by atoms with van der Waals surface area (Å²) in [5.74, 6) is 0.871. The number of fused-ring (bicyclic) bond motifs is 1. The molecule has 2 aromatic rings. The third kappa shape index (κ3) is 2.14. The van der Waals surface area contributed by atoms with Crippen LogP contribution in [0.1, 0.15) is 27.2 Å². The Bertz CT molecular complexity index is 606. The quantitative estimate of drug-likeness (QED) is 0.927. The van der Waals surface area contributed by atoms with Gasteiger partial charge in [-0.3, -0.25) is 0 Å². The van der Waals surface area contributed by atoms with Crippen LogP contribution in [0.5, 0.6) is 0 Å². The van der Waals surface area contributed by atoms with Crippen LogP contribution < -0.4 is 5.32 Å². The van der Waals surface area contributed by atoms with Gasteiger partial charge in [0.25, 0.3) is 0 Å². The van der Waals surface area contributed by atoms with Gasteiger partial charge in [-0.25, -0.2) is 0 Å². The Morgan fingerprint density at radius 1 is 1.35 bits per heavy atom. The van der Waals surface area contributed by atoms with Gasteiger partial charge in [-0.05, 0) is 13.3 Å². The fraction of sp³-hybridized carbons (Fsp3) is 0.500. The number of aromatic nitrogens is 2. The molecule has 0 spiro atoms. The van der Waals surface area contributed by atoms with Crippen LogP contribution >= 0.6 is 0 Å². The molecule has 1 saturated carbocycles. The molecule has 1 aromatic carbocycles. The van der Waals surface area contributed by atoms with Gasteiger partial charge in [-0.15, -0.1) is 5.10 Å². The first-order chi connectivity index (χ1) is 9.63. The highest BCUT2D eigenvalue weighted by atomic mass is 16.5. The van der Waals surface area contributed by atoms with Crippen molar-refractivity contribution in [3.63, 3.8) is 0 Å². The Morgan fingerprint density at radius 3 is 2.90 bits per heavy atom. The van der Waals surface area contributed by atoms with Crippen LogP contribution in [0.25, 0.3) is 10.8 Å². The van der Waals surface area contributed by atoms with Crippen molar-refractivity contribution in [3.8, 4) is 0 Å². The zero-order valence-corrected chi connectivity index (χ0v) is 12.3. The Kier molecular flexibility index (Phi) is 3.34. The summed E-state index contributed by atoms with van der Waals surface area (Å²) in [6.07, 6.45) is 3.15. The summed E-state index contributed by atoms with van der Waals surface area (Å²) in [5, 5.41) is 14.1. The topological polar surface area (TPSA) is 47.0 Å². The predicted molar refractivity (Wildman–Crippen MR) is 80.8 cm³/mol. The molecule has 4 nitrogen and oxygen atoms in total. The fourth-order valence-corrected chi connectivity index (χ4v) is 2.91. The van der Waals surface area contributed by atoms with Gasteiger partial charge in [-0.2, -0.15) is 5.10 Å². The zero-order chi connectivity index (χ0) is 14.2. The van der Waals surface area contributed by atoms with Crippen molar-refractivity contribution in [1.29, 1.82) is 0 Å². The molecule has 1 aliphatic rings. The molecule has 1 N–H and O–H groups in total. The van der Waals surface area contributed by atoms with Crippen molar-refractivity contribution in [2.24, 2.45) is 5.41 Å². The van der Waals surface area contributed by atoms with Gasteiger partial charge in [0.2, 0.25) is 0 Å². The van der Waals surface area contributed by atoms with Gasteiger partial charge in [0.15, 0.2) is 5.82 Å². The third-order valence-electron chi connectivity index (χ3n) is 4.43. The number of nitrogens with one attached hydrogen (secondary N) is 1. The van der Waals surface area contributed by atoms with Gasteiger partial charge in [0.1, 0.15) is 0 Å². The van der Waals surface area contributed by atoms with Crippen molar-refractivity contribution in [2.45, 2.75) is 39.3 Å². The molecular weight excluding hydrogens is 250 g/mol. The van der Waals surface area contributed by atoms with Crippen molar-refractivity contribution in [2.75, 3.05) is 11.9 Å². The number of ether oxygens (including phenoxy) is 1. The Morgan fingerprint density at radius 2 is 2.15 bits per heavy atom. The summed E-state index contributed by atoms with van der Waals surface area (Å²) in [5.41, 5.74) is 0.120. The van der Waals surface area contributed by atoms with E-state index < -0.39 is 0 Å². The van der Waals surface area contributed by atoms with Gasteiger partial charge < -0.3 is 10.1 Å². The first-order valence-electron chi connectivity index (χ1n) is 7.21. The fourth-order valence-electron chi connectivity index (χ4n) is 2.91. The lowest BCUT2D eigenvalue weighted by atomic mass is 9.64. The molecule has 1 heterocycles. The largest absolute Gasteiger partial charge is 0.378 e. The maximum absolute atomic E-state index is 5.77. The Labute approximate surface area is 119 Å². The summed E-state index contributed by atoms with van der Waals surface area (Å²) in [6.45, 7) is 7.31. The molecule has 1 fully saturated rings. The summed E-state index contributed by atoms with van der Waals surface area (Å²) in [7, 11) is 0. The first kappa shape index (κ1) is 13.3. The van der Waals surface area contributed by atoms with Crippen molar-refractivity contribution in [1.82, 2.24) is 10.2 Å². The molecule has 1 aliphatic carbocycles. The van der Waals surface area contributed by atoms with E-state index in [0.29, 0.717) is 12.1 Å². The van der Waals surface area contributed by atoms with Crippen LogP contribution in [0.15, 0.2) is 30.5 Å². The number of anilines is 1. The van der Waals surface area contributed by atoms with Crippen LogP contribution in [-0.4, -0.2) is 29.0 Å². The minimum absolute atomic E-state index is 0.120. The lowest BCUT2D eigenvalue weighted by Crippen LogP contribution is -2.58. The normalized spacial score (nSPS) is 24.4. The smallest absolute Gasteiger partial charge is 0.156 e. The number of rotatable bonds is 4. The first-order valence-corrected chi connectivity index (χ1v) is 7.21. The molecule has 0 saturated heterocycles. The van der Waals surface area contributed by atoms with Crippen LogP contribution in [0, 0.1) is 5.41 Å². The highest BCUT2D eigenvalue weighted by Crippen LogP contribution is 2.44. The SMILES string of the molecule is CCOC1CC(Nc2nncc3ccccc23)C1(C)C. The van der Waals surface area contributed by atoms with Crippen LogP contribution in [-0.2, 0) is 4.74 Å². The average molecular weight is 271 g/mol. The van der Waals surface area contributed by atoms with E-state index in [0.717, 1.165) is 29.6 Å². The predicted octanol–water partition coefficient (Wildman–Crippen LogP) is 3.25. The Hall–Kier alpha value is -1.68. The molecule has 3 rings (SSSR count). The molecule has 0 radical (unpaired) electrons. The second kappa shape index (κ2) is 5.02. The van der Waals surface area contributed by atoms with Crippen LogP contribution in [0.3, 0.4) is 0 Å². The minimum atomic E-state index is 0.120. The summed E-state index contributed by atoms with van der Waals surface area (Å²) >= 11 is 0. The van der Waals surface area contributed by atoms with E-state index in [2.05, 4.69) is 41.5 Å². The van der Waals surface area contributed by atoms with Crippen LogP contribution in [0.4, 0.5) is 5.82 Å². The van der Waals surface area contributed by atoms with Gasteiger partial charge in [-0.1, -0.05) is 38.1 Å². The number of nitrogens with zero attached hydrogens (tertiary/aromatic N) is 2. The molecule has 4 heteroatoms. The van der Waals surface area contributed by atoms with E-state index in [1.807, 2.05) is 19.1 Å². The van der Waals surface area contributed by atoms with E-state index in [4.69, 9.17) is 4.74 Å². The molecule has 0 amide bonds. The average Bonchev–Trinajstić information content (AvgIpc) is 2.46. The summed E-state index contributed by atoms with van der Waals surface area (Å²) < 4.78 is 5.77. The maximum Gasteiger partial charge on any atom is 0.156 e. The molecule has 20 heavy (non-hydrogen) atoms. The molecular formula is C16H21N3O. The second-order valence-corrected chi connectivity index (χ2v) is 5.98. The highest BCUT2D eigenvalue weighted by molar-refractivity contribution is 5.91. The van der Waals surface area contributed by atoms with Gasteiger partial charge in [0, 0.05) is 28.8 Å². The second-order valence-electron chi connectivity index (χ2n) is 5.98. The molecule has 0 aliphatic heterocycles. The van der Waals surface area contributed by atoms with Gasteiger partial charge in [0.05, 0.1) is 12.3 Å². The number of hydrogen-bond donors (Lipinski definition) is 1. The molecule has 1 aromatic heterocycles. The van der Waals surface area contributed by atoms with E-state index in [1.165, 1.54) is 0 Å². The third-order valence-corrected chi connectivity index (χ3v) is 4.43. The lowest BCUT2D eigenvalue weighted by molar-refractivity contribution is -0.0976. The van der Waals surface area contributed by atoms with E-state index in [9.17, 15) is 0 Å². The van der Waals surface area contributed by atoms with Crippen molar-refractivity contribution >= 4 is 16.6 Å². The molecule has 0 bridgehead atoms. The molecule has 106 valence electrons. The monoisotopic (exact) mass is 271 g/mol. The standard InChI is InChI=1S/C16H21N3O/c1-4-20-14-9-13(16(14,2)3)18-15-12-8-6-5-7-11(12)10-17-19-15/h5-8,10,13-14H,4,9H2,1-3H3,(H,18,19). The Balaban J connectivity index is 1.81. The molecule has 2 atom stereocenters.